The Hall–Kier alpha value is -2.54. The number of hydrogen-bond acceptors (Lipinski definition) is 6. The average molecular weight is 453 g/mol. The number of nitrogens with one attached hydrogen (secondary N) is 1. The number of fused-ring (bicyclic) bond motifs is 3. The highest BCUT2D eigenvalue weighted by Gasteiger charge is 2.20. The predicted molar refractivity (Wildman–Crippen MR) is 122 cm³/mol. The van der Waals surface area contributed by atoms with Gasteiger partial charge in [0.15, 0.2) is 11.5 Å². The summed E-state index contributed by atoms with van der Waals surface area (Å²) in [6.45, 7) is 2.76. The molecular weight excluding hydrogens is 428 g/mol. The van der Waals surface area contributed by atoms with Crippen molar-refractivity contribution in [3.8, 4) is 17.4 Å². The molecular formula is C25H25ClN2O4. The Bertz CT molecular complexity index is 1180. The van der Waals surface area contributed by atoms with E-state index in [2.05, 4.69) is 23.5 Å². The molecule has 166 valence electrons. The summed E-state index contributed by atoms with van der Waals surface area (Å²) in [5, 5.41) is 5.35. The van der Waals surface area contributed by atoms with Crippen molar-refractivity contribution >= 4 is 22.5 Å². The molecule has 1 aromatic heterocycles. The molecule has 32 heavy (non-hydrogen) atoms. The molecule has 2 aliphatic heterocycles. The van der Waals surface area contributed by atoms with Gasteiger partial charge in [-0.1, -0.05) is 11.6 Å². The van der Waals surface area contributed by atoms with Gasteiger partial charge < -0.3 is 24.3 Å². The van der Waals surface area contributed by atoms with Gasteiger partial charge >= 0.3 is 0 Å². The van der Waals surface area contributed by atoms with Gasteiger partial charge in [0, 0.05) is 41.8 Å². The molecule has 2 aromatic carbocycles. The molecule has 1 unspecified atom stereocenters. The van der Waals surface area contributed by atoms with Crippen LogP contribution in [-0.4, -0.2) is 31.0 Å². The highest BCUT2D eigenvalue weighted by molar-refractivity contribution is 6.31. The van der Waals surface area contributed by atoms with Crippen molar-refractivity contribution in [2.75, 3.05) is 20.0 Å². The molecule has 0 radical (unpaired) electrons. The molecule has 0 saturated carbocycles. The van der Waals surface area contributed by atoms with Gasteiger partial charge in [-0.25, -0.2) is 4.98 Å². The SMILES string of the molecule is Clc1cc2c(cc1COc1nc3cc4c(cc3cc1CNC1CCOC1)CCC4)OCO2. The first-order valence-electron chi connectivity index (χ1n) is 11.2. The van der Waals surface area contributed by atoms with E-state index in [0.29, 0.717) is 41.6 Å². The smallest absolute Gasteiger partial charge is 0.231 e. The first-order chi connectivity index (χ1) is 15.7. The van der Waals surface area contributed by atoms with Gasteiger partial charge in [-0.2, -0.15) is 0 Å². The van der Waals surface area contributed by atoms with Gasteiger partial charge in [-0.3, -0.25) is 0 Å². The standard InChI is InChI=1S/C25H25ClN2O4/c26-21-10-24-23(31-14-32-24)9-19(21)12-30-25-18(11-27-20-4-5-29-13-20)7-17-6-15-2-1-3-16(15)8-22(17)28-25/h6-10,20,27H,1-5,11-14H2. The van der Waals surface area contributed by atoms with E-state index in [-0.39, 0.29) is 6.79 Å². The summed E-state index contributed by atoms with van der Waals surface area (Å²) in [6.07, 6.45) is 4.52. The molecule has 3 heterocycles. The second kappa shape index (κ2) is 8.43. The van der Waals surface area contributed by atoms with Gasteiger partial charge in [0.05, 0.1) is 17.1 Å². The van der Waals surface area contributed by atoms with Crippen molar-refractivity contribution in [1.29, 1.82) is 0 Å². The van der Waals surface area contributed by atoms with Gasteiger partial charge in [0.1, 0.15) is 6.61 Å². The Morgan fingerprint density at radius 1 is 1.03 bits per heavy atom. The molecule has 1 fully saturated rings. The van der Waals surface area contributed by atoms with Gasteiger partial charge in [-0.15, -0.1) is 0 Å². The number of benzene rings is 2. The van der Waals surface area contributed by atoms with Crippen LogP contribution in [0.2, 0.25) is 5.02 Å². The zero-order valence-corrected chi connectivity index (χ0v) is 18.5. The second-order valence-corrected chi connectivity index (χ2v) is 9.05. The summed E-state index contributed by atoms with van der Waals surface area (Å²) >= 11 is 6.46. The van der Waals surface area contributed by atoms with E-state index in [9.17, 15) is 0 Å². The van der Waals surface area contributed by atoms with Crippen LogP contribution in [0.5, 0.6) is 17.4 Å². The summed E-state index contributed by atoms with van der Waals surface area (Å²) in [5.41, 5.74) is 5.71. The van der Waals surface area contributed by atoms with Crippen LogP contribution in [0.25, 0.3) is 10.9 Å². The lowest BCUT2D eigenvalue weighted by atomic mass is 10.0. The minimum Gasteiger partial charge on any atom is -0.472 e. The van der Waals surface area contributed by atoms with Gasteiger partial charge in [0.25, 0.3) is 0 Å². The molecule has 0 amide bonds. The van der Waals surface area contributed by atoms with Crippen molar-refractivity contribution < 1.29 is 18.9 Å². The zero-order valence-electron chi connectivity index (χ0n) is 17.8. The van der Waals surface area contributed by atoms with E-state index in [4.69, 9.17) is 35.5 Å². The Balaban J connectivity index is 1.30. The minimum atomic E-state index is 0.215. The molecule has 6 nitrogen and oxygen atoms in total. The number of aryl methyl sites for hydroxylation is 2. The third-order valence-electron chi connectivity index (χ3n) is 6.48. The monoisotopic (exact) mass is 452 g/mol. The third-order valence-corrected chi connectivity index (χ3v) is 6.84. The summed E-state index contributed by atoms with van der Waals surface area (Å²) in [4.78, 5) is 4.92. The highest BCUT2D eigenvalue weighted by atomic mass is 35.5. The van der Waals surface area contributed by atoms with Crippen LogP contribution in [0.4, 0.5) is 0 Å². The number of pyridine rings is 1. The molecule has 0 bridgehead atoms. The summed E-state index contributed by atoms with van der Waals surface area (Å²) in [5.74, 6) is 1.99. The molecule has 7 heteroatoms. The fourth-order valence-corrected chi connectivity index (χ4v) is 4.90. The highest BCUT2D eigenvalue weighted by Crippen LogP contribution is 2.37. The molecule has 1 atom stereocenters. The molecule has 3 aliphatic rings. The van der Waals surface area contributed by atoms with Crippen LogP contribution in [0.15, 0.2) is 30.3 Å². The average Bonchev–Trinajstić information content (AvgIpc) is 3.55. The van der Waals surface area contributed by atoms with Crippen LogP contribution < -0.4 is 19.5 Å². The van der Waals surface area contributed by atoms with Crippen molar-refractivity contribution in [3.05, 3.63) is 57.6 Å². The fraction of sp³-hybridized carbons (Fsp3) is 0.400. The normalized spacial score (nSPS) is 19.0. The van der Waals surface area contributed by atoms with Crippen LogP contribution >= 0.6 is 11.6 Å². The summed E-state index contributed by atoms with van der Waals surface area (Å²) in [7, 11) is 0. The zero-order chi connectivity index (χ0) is 21.5. The quantitative estimate of drug-likeness (QED) is 0.591. The van der Waals surface area contributed by atoms with Gasteiger partial charge in [-0.05, 0) is 61.1 Å². The van der Waals surface area contributed by atoms with Crippen molar-refractivity contribution in [3.63, 3.8) is 0 Å². The van der Waals surface area contributed by atoms with Crippen LogP contribution in [0.3, 0.4) is 0 Å². The van der Waals surface area contributed by atoms with Crippen LogP contribution in [0.1, 0.15) is 35.1 Å². The summed E-state index contributed by atoms with van der Waals surface area (Å²) < 4.78 is 22.6. The van der Waals surface area contributed by atoms with E-state index < -0.39 is 0 Å². The molecule has 3 aromatic rings. The molecule has 1 N–H and O–H groups in total. The minimum absolute atomic E-state index is 0.215. The lowest BCUT2D eigenvalue weighted by Gasteiger charge is -2.16. The van der Waals surface area contributed by atoms with Crippen molar-refractivity contribution in [2.24, 2.45) is 0 Å². The maximum Gasteiger partial charge on any atom is 0.231 e. The van der Waals surface area contributed by atoms with E-state index in [0.717, 1.165) is 49.1 Å². The number of aromatic nitrogens is 1. The third kappa shape index (κ3) is 3.87. The van der Waals surface area contributed by atoms with Crippen molar-refractivity contribution in [1.82, 2.24) is 10.3 Å². The summed E-state index contributed by atoms with van der Waals surface area (Å²) in [6, 6.07) is 10.8. The predicted octanol–water partition coefficient (Wildman–Crippen LogP) is 4.56. The largest absolute Gasteiger partial charge is 0.472 e. The van der Waals surface area contributed by atoms with E-state index in [1.54, 1.807) is 6.07 Å². The first kappa shape index (κ1) is 20.1. The molecule has 0 spiro atoms. The van der Waals surface area contributed by atoms with E-state index in [1.165, 1.54) is 22.9 Å². The second-order valence-electron chi connectivity index (χ2n) is 8.65. The topological polar surface area (TPSA) is 61.8 Å². The maximum atomic E-state index is 6.46. The molecule has 1 saturated heterocycles. The number of ether oxygens (including phenoxy) is 4. The van der Waals surface area contributed by atoms with Crippen molar-refractivity contribution in [2.45, 2.75) is 44.9 Å². The molecule has 6 rings (SSSR count). The number of halogens is 1. The van der Waals surface area contributed by atoms with Crippen LogP contribution in [-0.2, 0) is 30.7 Å². The number of rotatable bonds is 6. The lowest BCUT2D eigenvalue weighted by molar-refractivity contribution is 0.174. The van der Waals surface area contributed by atoms with Crippen LogP contribution in [0, 0.1) is 0 Å². The first-order valence-corrected chi connectivity index (χ1v) is 11.6. The lowest BCUT2D eigenvalue weighted by Crippen LogP contribution is -2.28. The fourth-order valence-electron chi connectivity index (χ4n) is 4.69. The number of nitrogens with zero attached hydrogens (tertiary/aromatic N) is 1. The van der Waals surface area contributed by atoms with E-state index >= 15 is 0 Å². The number of hydrogen-bond donors (Lipinski definition) is 1. The Labute approximate surface area is 191 Å². The Morgan fingerprint density at radius 3 is 2.72 bits per heavy atom. The van der Waals surface area contributed by atoms with Gasteiger partial charge in [0.2, 0.25) is 12.7 Å². The molecule has 1 aliphatic carbocycles. The Morgan fingerprint density at radius 2 is 1.88 bits per heavy atom. The Kier molecular flexibility index (Phi) is 5.29. The maximum absolute atomic E-state index is 6.46. The van der Waals surface area contributed by atoms with E-state index in [1.807, 2.05) is 6.07 Å².